The number of carbonyl (C=O) groups is 1. The summed E-state index contributed by atoms with van der Waals surface area (Å²) in [6.45, 7) is 1.92. The van der Waals surface area contributed by atoms with Crippen molar-refractivity contribution >= 4 is 37.4 Å². The van der Waals surface area contributed by atoms with Crippen LogP contribution in [0.4, 0.5) is 5.69 Å². The van der Waals surface area contributed by atoms with Crippen LogP contribution in [-0.2, 0) is 14.6 Å². The van der Waals surface area contributed by atoms with Crippen molar-refractivity contribution in [1.82, 2.24) is 0 Å². The van der Waals surface area contributed by atoms with E-state index in [1.165, 1.54) is 17.0 Å². The number of anilines is 1. The van der Waals surface area contributed by atoms with Gasteiger partial charge in [0.25, 0.3) is 5.91 Å². The van der Waals surface area contributed by atoms with E-state index >= 15 is 0 Å². The minimum absolute atomic E-state index is 0.0223. The second-order valence-electron chi connectivity index (χ2n) is 6.99. The third-order valence-corrected chi connectivity index (χ3v) is 7.42. The molecule has 3 aromatic rings. The maximum absolute atomic E-state index is 13.5. The largest absolute Gasteiger partial charge is 0.502 e. The summed E-state index contributed by atoms with van der Waals surface area (Å²) in [7, 11) is -4.12. The second kappa shape index (κ2) is 7.74. The average molecular weight is 484 g/mol. The molecule has 1 amide bonds. The van der Waals surface area contributed by atoms with Gasteiger partial charge in [-0.1, -0.05) is 64.0 Å². The molecule has 0 saturated heterocycles. The Morgan fingerprint density at radius 3 is 2.10 bits per heavy atom. The Hall–Kier alpha value is -2.90. The van der Waals surface area contributed by atoms with Gasteiger partial charge >= 0.3 is 0 Å². The quantitative estimate of drug-likeness (QED) is 0.560. The summed E-state index contributed by atoms with van der Waals surface area (Å²) in [4.78, 5) is 14.1. The van der Waals surface area contributed by atoms with Crippen molar-refractivity contribution in [2.45, 2.75) is 17.9 Å². The normalized spacial score (nSPS) is 16.9. The van der Waals surface area contributed by atoms with Gasteiger partial charge in [0.05, 0.1) is 4.90 Å². The molecular weight excluding hydrogens is 466 g/mol. The summed E-state index contributed by atoms with van der Waals surface area (Å²) >= 11 is 3.36. The zero-order valence-corrected chi connectivity index (χ0v) is 18.4. The zero-order chi connectivity index (χ0) is 21.5. The van der Waals surface area contributed by atoms with Crippen LogP contribution in [0.3, 0.4) is 0 Å². The maximum Gasteiger partial charge on any atom is 0.295 e. The first-order valence-electron chi connectivity index (χ1n) is 9.19. The molecule has 5 nitrogen and oxygen atoms in total. The molecule has 0 unspecified atom stereocenters. The van der Waals surface area contributed by atoms with Gasteiger partial charge in [-0.15, -0.1) is 0 Å². The molecule has 0 aliphatic carbocycles. The highest BCUT2D eigenvalue weighted by molar-refractivity contribution is 9.10. The van der Waals surface area contributed by atoms with Crippen LogP contribution in [-0.4, -0.2) is 19.4 Å². The maximum atomic E-state index is 13.5. The van der Waals surface area contributed by atoms with Gasteiger partial charge in [0.1, 0.15) is 10.9 Å². The van der Waals surface area contributed by atoms with Crippen molar-refractivity contribution in [3.63, 3.8) is 0 Å². The summed E-state index contributed by atoms with van der Waals surface area (Å²) < 4.78 is 27.8. The standard InChI is InChI=1S/C23H18BrNO4S/c1-15-7-9-16(10-8-15)20-22(30(28,29)19-5-3-2-4-6-19)21(26)23(27)25(20)18-13-11-17(24)12-14-18/h2-14,20,26H,1H3/t20-/m0/s1. The van der Waals surface area contributed by atoms with E-state index < -0.39 is 27.5 Å². The molecule has 1 atom stereocenters. The third-order valence-electron chi connectivity index (χ3n) is 5.00. The van der Waals surface area contributed by atoms with Gasteiger partial charge in [-0.25, -0.2) is 8.42 Å². The lowest BCUT2D eigenvalue weighted by Crippen LogP contribution is -2.31. The van der Waals surface area contributed by atoms with E-state index in [9.17, 15) is 18.3 Å². The highest BCUT2D eigenvalue weighted by atomic mass is 79.9. The number of aliphatic hydroxyl groups excluding tert-OH is 1. The molecule has 0 radical (unpaired) electrons. The van der Waals surface area contributed by atoms with Gasteiger partial charge in [-0.05, 0) is 48.9 Å². The van der Waals surface area contributed by atoms with Gasteiger partial charge in [-0.3, -0.25) is 9.69 Å². The number of hydrogen-bond donors (Lipinski definition) is 1. The molecule has 0 fully saturated rings. The van der Waals surface area contributed by atoms with E-state index in [0.29, 0.717) is 11.3 Å². The number of benzene rings is 3. The summed E-state index contributed by atoms with van der Waals surface area (Å²) in [6.07, 6.45) is 0. The van der Waals surface area contributed by atoms with Crippen LogP contribution in [0.1, 0.15) is 17.2 Å². The zero-order valence-electron chi connectivity index (χ0n) is 16.0. The Labute approximate surface area is 183 Å². The SMILES string of the molecule is Cc1ccc([C@H]2C(S(=O)(=O)c3ccccc3)=C(O)C(=O)N2c2ccc(Br)cc2)cc1. The summed E-state index contributed by atoms with van der Waals surface area (Å²) in [5, 5.41) is 10.7. The van der Waals surface area contributed by atoms with E-state index in [4.69, 9.17) is 0 Å². The number of aryl methyl sites for hydroxylation is 1. The van der Waals surface area contributed by atoms with Gasteiger partial charge in [-0.2, -0.15) is 0 Å². The molecule has 0 saturated carbocycles. The van der Waals surface area contributed by atoms with Crippen LogP contribution >= 0.6 is 15.9 Å². The Kier molecular flexibility index (Phi) is 5.26. The van der Waals surface area contributed by atoms with E-state index in [0.717, 1.165) is 10.0 Å². The second-order valence-corrected chi connectivity index (χ2v) is 9.83. The van der Waals surface area contributed by atoms with E-state index in [1.807, 2.05) is 19.1 Å². The van der Waals surface area contributed by atoms with Crippen LogP contribution in [0, 0.1) is 6.92 Å². The molecule has 1 aliphatic rings. The number of halogens is 1. The molecule has 4 rings (SSSR count). The van der Waals surface area contributed by atoms with Crippen molar-refractivity contribution in [3.8, 4) is 0 Å². The molecule has 0 spiro atoms. The molecule has 1 aliphatic heterocycles. The predicted molar refractivity (Wildman–Crippen MR) is 119 cm³/mol. The molecule has 0 aromatic heterocycles. The van der Waals surface area contributed by atoms with Crippen molar-refractivity contribution in [3.05, 3.63) is 105 Å². The van der Waals surface area contributed by atoms with E-state index in [-0.39, 0.29) is 9.80 Å². The summed E-state index contributed by atoms with van der Waals surface area (Å²) in [6, 6.07) is 21.0. The molecule has 7 heteroatoms. The Morgan fingerprint density at radius 1 is 0.900 bits per heavy atom. The summed E-state index contributed by atoms with van der Waals surface area (Å²) in [5.74, 6) is -1.51. The smallest absolute Gasteiger partial charge is 0.295 e. The Morgan fingerprint density at radius 2 is 1.50 bits per heavy atom. The summed E-state index contributed by atoms with van der Waals surface area (Å²) in [5.41, 5.74) is 2.08. The number of nitrogens with zero attached hydrogens (tertiary/aromatic N) is 1. The van der Waals surface area contributed by atoms with Gasteiger partial charge < -0.3 is 5.11 Å². The minimum Gasteiger partial charge on any atom is -0.502 e. The van der Waals surface area contributed by atoms with E-state index in [1.54, 1.807) is 54.6 Å². The lowest BCUT2D eigenvalue weighted by atomic mass is 10.0. The number of rotatable bonds is 4. The average Bonchev–Trinajstić information content (AvgIpc) is 3.01. The number of amides is 1. The van der Waals surface area contributed by atoms with Crippen LogP contribution in [0.25, 0.3) is 0 Å². The Balaban J connectivity index is 1.94. The van der Waals surface area contributed by atoms with E-state index in [2.05, 4.69) is 15.9 Å². The predicted octanol–water partition coefficient (Wildman–Crippen LogP) is 5.09. The number of hydrogen-bond acceptors (Lipinski definition) is 4. The van der Waals surface area contributed by atoms with Crippen LogP contribution in [0.15, 0.2) is 98.9 Å². The van der Waals surface area contributed by atoms with Crippen molar-refractivity contribution in [2.75, 3.05) is 4.90 Å². The topological polar surface area (TPSA) is 74.7 Å². The lowest BCUT2D eigenvalue weighted by molar-refractivity contribution is -0.117. The molecule has 1 N–H and O–H groups in total. The first-order valence-corrected chi connectivity index (χ1v) is 11.5. The number of aliphatic hydroxyl groups is 1. The van der Waals surface area contributed by atoms with Crippen molar-refractivity contribution in [2.24, 2.45) is 0 Å². The van der Waals surface area contributed by atoms with Gasteiger partial charge in [0.15, 0.2) is 5.76 Å². The fourth-order valence-electron chi connectivity index (χ4n) is 3.50. The van der Waals surface area contributed by atoms with Crippen LogP contribution in [0.2, 0.25) is 0 Å². The number of sulfone groups is 1. The minimum atomic E-state index is -4.12. The molecule has 3 aromatic carbocycles. The highest BCUT2D eigenvalue weighted by Crippen LogP contribution is 2.44. The first-order chi connectivity index (χ1) is 14.3. The fourth-order valence-corrected chi connectivity index (χ4v) is 5.41. The molecule has 30 heavy (non-hydrogen) atoms. The fraction of sp³-hybridized carbons (Fsp3) is 0.0870. The highest BCUT2D eigenvalue weighted by Gasteiger charge is 2.47. The molecular formula is C23H18BrNO4S. The number of carbonyl (C=O) groups excluding carboxylic acids is 1. The molecule has 152 valence electrons. The van der Waals surface area contributed by atoms with Crippen LogP contribution < -0.4 is 4.90 Å². The lowest BCUT2D eigenvalue weighted by Gasteiger charge is -2.27. The third kappa shape index (κ3) is 3.44. The van der Waals surface area contributed by atoms with Gasteiger partial charge in [0, 0.05) is 10.2 Å². The van der Waals surface area contributed by atoms with Crippen LogP contribution in [0.5, 0.6) is 0 Å². The van der Waals surface area contributed by atoms with Gasteiger partial charge in [0.2, 0.25) is 9.84 Å². The Bertz CT molecular complexity index is 1230. The first kappa shape index (κ1) is 20.4. The van der Waals surface area contributed by atoms with Crippen molar-refractivity contribution in [1.29, 1.82) is 0 Å². The molecule has 0 bridgehead atoms. The molecule has 1 heterocycles. The monoisotopic (exact) mass is 483 g/mol. The van der Waals surface area contributed by atoms with Crippen molar-refractivity contribution < 1.29 is 18.3 Å².